The van der Waals surface area contributed by atoms with E-state index in [1.54, 1.807) is 12.1 Å². The summed E-state index contributed by atoms with van der Waals surface area (Å²) in [6, 6.07) is 12.6. The molecule has 0 bridgehead atoms. The highest BCUT2D eigenvalue weighted by Gasteiger charge is 2.19. The Morgan fingerprint density at radius 2 is 1.90 bits per heavy atom. The third-order valence-corrected chi connectivity index (χ3v) is 5.86. The Morgan fingerprint density at radius 3 is 2.48 bits per heavy atom. The van der Waals surface area contributed by atoms with Crippen LogP contribution in [0.2, 0.25) is 5.02 Å². The summed E-state index contributed by atoms with van der Waals surface area (Å²) in [5.74, 6) is 1.37. The van der Waals surface area contributed by atoms with E-state index in [1.807, 2.05) is 31.2 Å². The van der Waals surface area contributed by atoms with Gasteiger partial charge in [-0.05, 0) is 41.7 Å². The zero-order chi connectivity index (χ0) is 21.4. The molecule has 0 aliphatic rings. The van der Waals surface area contributed by atoms with Crippen LogP contribution in [0, 0.1) is 5.82 Å². The van der Waals surface area contributed by atoms with E-state index in [2.05, 4.69) is 26.1 Å². The molecule has 1 N–H and O–H groups in total. The topological polar surface area (TPSA) is 38.3 Å². The number of hydrogen-bond acceptors (Lipinski definition) is 3. The van der Waals surface area contributed by atoms with Gasteiger partial charge in [-0.15, -0.1) is 0 Å². The minimum atomic E-state index is -0.540. The quantitative estimate of drug-likeness (QED) is 0.490. The molecule has 0 radical (unpaired) electrons. The molecule has 1 atom stereocenters. The molecular weight excluding hydrogens is 409 g/mol. The zero-order valence-electron chi connectivity index (χ0n) is 17.4. The molecule has 2 aromatic rings. The molecule has 1 amide bonds. The first-order valence-electron chi connectivity index (χ1n) is 9.78. The maximum absolute atomic E-state index is 13.8. The molecule has 6 heteroatoms. The van der Waals surface area contributed by atoms with Gasteiger partial charge >= 0.3 is 0 Å². The summed E-state index contributed by atoms with van der Waals surface area (Å²) < 4.78 is 19.6. The number of thioether (sulfide) groups is 1. The number of hydrogen-bond donors (Lipinski definition) is 1. The molecule has 158 valence electrons. The van der Waals surface area contributed by atoms with Crippen molar-refractivity contribution in [3.8, 4) is 5.75 Å². The lowest BCUT2D eigenvalue weighted by atomic mass is 9.87. The predicted molar refractivity (Wildman–Crippen MR) is 120 cm³/mol. The number of rotatable bonds is 9. The number of carbonyl (C=O) groups excluding carboxylic acids is 1. The summed E-state index contributed by atoms with van der Waals surface area (Å²) in [5, 5.41) is 3.32. The van der Waals surface area contributed by atoms with Crippen LogP contribution in [0.25, 0.3) is 0 Å². The second kappa shape index (κ2) is 10.9. The number of carbonyl (C=O) groups is 1. The predicted octanol–water partition coefficient (Wildman–Crippen LogP) is 5.98. The average Bonchev–Trinajstić information content (AvgIpc) is 2.67. The first-order valence-corrected chi connectivity index (χ1v) is 11.3. The smallest absolute Gasteiger partial charge is 0.261 e. The second-order valence-electron chi connectivity index (χ2n) is 7.83. The van der Waals surface area contributed by atoms with Crippen molar-refractivity contribution in [2.24, 2.45) is 0 Å². The van der Waals surface area contributed by atoms with Crippen LogP contribution in [-0.4, -0.2) is 24.3 Å². The standard InChI is InChI=1S/C23H29ClFNO2S/c1-5-21(28-17-11-9-16(10-12-17)23(2,3)4)22(27)26-13-14-29-15-18-19(24)7-6-8-20(18)25/h6-12,21H,5,13-15H2,1-4H3,(H,26,27). The number of ether oxygens (including phenoxy) is 1. The minimum absolute atomic E-state index is 0.0740. The Bertz CT molecular complexity index is 785. The van der Waals surface area contributed by atoms with Gasteiger partial charge in [0.25, 0.3) is 5.91 Å². The molecule has 2 aromatic carbocycles. The van der Waals surface area contributed by atoms with E-state index in [4.69, 9.17) is 16.3 Å². The molecule has 0 fully saturated rings. The molecule has 0 saturated carbocycles. The van der Waals surface area contributed by atoms with Crippen LogP contribution in [0.5, 0.6) is 5.75 Å². The van der Waals surface area contributed by atoms with Crippen LogP contribution in [0.15, 0.2) is 42.5 Å². The highest BCUT2D eigenvalue weighted by atomic mass is 35.5. The fourth-order valence-electron chi connectivity index (χ4n) is 2.72. The van der Waals surface area contributed by atoms with Crippen LogP contribution in [0.1, 0.15) is 45.2 Å². The molecule has 0 spiro atoms. The van der Waals surface area contributed by atoms with Crippen molar-refractivity contribution >= 4 is 29.3 Å². The van der Waals surface area contributed by atoms with Gasteiger partial charge < -0.3 is 10.1 Å². The third-order valence-electron chi connectivity index (χ3n) is 4.52. The Labute approximate surface area is 182 Å². The van der Waals surface area contributed by atoms with Crippen molar-refractivity contribution in [3.05, 3.63) is 64.4 Å². The van der Waals surface area contributed by atoms with E-state index in [1.165, 1.54) is 23.4 Å². The summed E-state index contributed by atoms with van der Waals surface area (Å²) in [5.41, 5.74) is 1.79. The summed E-state index contributed by atoms with van der Waals surface area (Å²) in [6.45, 7) is 8.87. The van der Waals surface area contributed by atoms with Crippen LogP contribution in [-0.2, 0) is 16.0 Å². The summed E-state index contributed by atoms with van der Waals surface area (Å²) in [6.07, 6.45) is 0.0340. The number of benzene rings is 2. The van der Waals surface area contributed by atoms with E-state index in [0.717, 1.165) is 0 Å². The molecule has 0 aliphatic carbocycles. The van der Waals surface area contributed by atoms with Gasteiger partial charge in [-0.2, -0.15) is 11.8 Å². The Balaban J connectivity index is 1.78. The first-order chi connectivity index (χ1) is 13.7. The van der Waals surface area contributed by atoms with Gasteiger partial charge in [0, 0.05) is 28.6 Å². The van der Waals surface area contributed by atoms with Crippen molar-refractivity contribution in [3.63, 3.8) is 0 Å². The van der Waals surface area contributed by atoms with Crippen LogP contribution in [0.4, 0.5) is 4.39 Å². The van der Waals surface area contributed by atoms with Gasteiger partial charge in [-0.3, -0.25) is 4.79 Å². The SMILES string of the molecule is CCC(Oc1ccc(C(C)(C)C)cc1)C(=O)NCCSCc1c(F)cccc1Cl. The van der Waals surface area contributed by atoms with E-state index >= 15 is 0 Å². The molecule has 0 aromatic heterocycles. The van der Waals surface area contributed by atoms with E-state index in [0.29, 0.717) is 40.8 Å². The lowest BCUT2D eigenvalue weighted by molar-refractivity contribution is -0.127. The highest BCUT2D eigenvalue weighted by molar-refractivity contribution is 7.98. The number of halogens is 2. The molecule has 1 unspecified atom stereocenters. The monoisotopic (exact) mass is 437 g/mol. The van der Waals surface area contributed by atoms with Gasteiger partial charge in [-0.1, -0.05) is 57.5 Å². The summed E-state index contributed by atoms with van der Waals surface area (Å²) in [7, 11) is 0. The lowest BCUT2D eigenvalue weighted by Gasteiger charge is -2.21. The summed E-state index contributed by atoms with van der Waals surface area (Å²) in [4.78, 5) is 12.4. The highest BCUT2D eigenvalue weighted by Crippen LogP contribution is 2.25. The van der Waals surface area contributed by atoms with E-state index in [9.17, 15) is 9.18 Å². The number of amides is 1. The molecule has 0 saturated heterocycles. The molecule has 2 rings (SSSR count). The Hall–Kier alpha value is -1.72. The lowest BCUT2D eigenvalue weighted by Crippen LogP contribution is -2.39. The Morgan fingerprint density at radius 1 is 1.21 bits per heavy atom. The summed E-state index contributed by atoms with van der Waals surface area (Å²) >= 11 is 7.55. The normalized spacial score (nSPS) is 12.5. The molecule has 29 heavy (non-hydrogen) atoms. The van der Waals surface area contributed by atoms with Gasteiger partial charge in [-0.25, -0.2) is 4.39 Å². The van der Waals surface area contributed by atoms with Crippen LogP contribution in [0.3, 0.4) is 0 Å². The molecular formula is C23H29ClFNO2S. The maximum atomic E-state index is 13.8. The van der Waals surface area contributed by atoms with Crippen molar-refractivity contribution < 1.29 is 13.9 Å². The third kappa shape index (κ3) is 7.23. The molecule has 0 heterocycles. The van der Waals surface area contributed by atoms with Crippen molar-refractivity contribution in [1.29, 1.82) is 0 Å². The van der Waals surface area contributed by atoms with Gasteiger partial charge in [0.1, 0.15) is 11.6 Å². The van der Waals surface area contributed by atoms with E-state index < -0.39 is 6.10 Å². The van der Waals surface area contributed by atoms with Crippen LogP contribution < -0.4 is 10.1 Å². The zero-order valence-corrected chi connectivity index (χ0v) is 19.0. The number of nitrogens with one attached hydrogen (secondary N) is 1. The van der Waals surface area contributed by atoms with Gasteiger partial charge in [0.2, 0.25) is 0 Å². The van der Waals surface area contributed by atoms with Gasteiger partial charge in [0.05, 0.1) is 0 Å². The first kappa shape index (κ1) is 23.6. The largest absolute Gasteiger partial charge is 0.481 e. The van der Waals surface area contributed by atoms with Gasteiger partial charge in [0.15, 0.2) is 6.10 Å². The Kier molecular flexibility index (Phi) is 8.84. The average molecular weight is 438 g/mol. The van der Waals surface area contributed by atoms with Crippen LogP contribution >= 0.6 is 23.4 Å². The minimum Gasteiger partial charge on any atom is -0.481 e. The van der Waals surface area contributed by atoms with Crippen molar-refractivity contribution in [2.75, 3.05) is 12.3 Å². The molecule has 0 aliphatic heterocycles. The fourth-order valence-corrected chi connectivity index (χ4v) is 3.92. The maximum Gasteiger partial charge on any atom is 0.261 e. The van der Waals surface area contributed by atoms with E-state index in [-0.39, 0.29) is 17.1 Å². The second-order valence-corrected chi connectivity index (χ2v) is 9.35. The molecule has 3 nitrogen and oxygen atoms in total. The van der Waals surface area contributed by atoms with Crippen molar-refractivity contribution in [1.82, 2.24) is 5.32 Å². The van der Waals surface area contributed by atoms with Crippen molar-refractivity contribution in [2.45, 2.75) is 51.4 Å². The fraction of sp³-hybridized carbons (Fsp3) is 0.435.